The van der Waals surface area contributed by atoms with E-state index in [0.29, 0.717) is 5.95 Å². The van der Waals surface area contributed by atoms with Crippen LogP contribution >= 0.6 is 11.8 Å². The second kappa shape index (κ2) is 5.72. The fourth-order valence-electron chi connectivity index (χ4n) is 1.59. The maximum absolute atomic E-state index is 4.45. The number of nitrogens with one attached hydrogen (secondary N) is 2. The Morgan fingerprint density at radius 2 is 2.06 bits per heavy atom. The molecular formula is C12H16N4S. The first-order valence-corrected chi connectivity index (χ1v) is 6.92. The van der Waals surface area contributed by atoms with E-state index in [1.807, 2.05) is 43.1 Å². The molecule has 0 atom stereocenters. The molecule has 0 spiro atoms. The first-order chi connectivity index (χ1) is 8.35. The van der Waals surface area contributed by atoms with Gasteiger partial charge < -0.3 is 10.6 Å². The normalized spacial score (nSPS) is 10.5. The van der Waals surface area contributed by atoms with Crippen molar-refractivity contribution in [1.29, 1.82) is 0 Å². The Bertz CT molecular complexity index is 501. The first kappa shape index (κ1) is 12.0. The van der Waals surface area contributed by atoms with Gasteiger partial charge in [-0.25, -0.2) is 4.98 Å². The van der Waals surface area contributed by atoms with Crippen molar-refractivity contribution in [2.24, 2.45) is 0 Å². The van der Waals surface area contributed by atoms with E-state index in [1.165, 1.54) is 0 Å². The van der Waals surface area contributed by atoms with Crippen LogP contribution in [-0.2, 0) is 0 Å². The molecule has 4 nitrogen and oxygen atoms in total. The third-order valence-electron chi connectivity index (χ3n) is 2.43. The van der Waals surface area contributed by atoms with E-state index >= 15 is 0 Å². The van der Waals surface area contributed by atoms with Crippen LogP contribution in [0.1, 0.15) is 0 Å². The van der Waals surface area contributed by atoms with Crippen molar-refractivity contribution in [3.8, 4) is 0 Å². The highest BCUT2D eigenvalue weighted by Crippen LogP contribution is 2.21. The summed E-state index contributed by atoms with van der Waals surface area (Å²) >= 11 is 1.81. The zero-order valence-corrected chi connectivity index (χ0v) is 10.8. The van der Waals surface area contributed by atoms with Crippen molar-refractivity contribution >= 4 is 34.4 Å². The third-order valence-corrected chi connectivity index (χ3v) is 3.04. The molecule has 0 saturated heterocycles. The van der Waals surface area contributed by atoms with Crippen molar-refractivity contribution in [2.45, 2.75) is 0 Å². The molecule has 1 aromatic heterocycles. The molecule has 1 heterocycles. The van der Waals surface area contributed by atoms with Crippen LogP contribution in [0.4, 0.5) is 11.8 Å². The summed E-state index contributed by atoms with van der Waals surface area (Å²) in [6, 6.07) is 8.03. The van der Waals surface area contributed by atoms with Gasteiger partial charge in [-0.05, 0) is 18.4 Å². The van der Waals surface area contributed by atoms with E-state index in [0.717, 1.165) is 29.0 Å². The van der Waals surface area contributed by atoms with Gasteiger partial charge in [0, 0.05) is 24.7 Å². The van der Waals surface area contributed by atoms with Crippen molar-refractivity contribution in [1.82, 2.24) is 9.97 Å². The molecule has 0 unspecified atom stereocenters. The van der Waals surface area contributed by atoms with Gasteiger partial charge in [-0.3, -0.25) is 0 Å². The lowest BCUT2D eigenvalue weighted by Crippen LogP contribution is -2.08. The molecule has 0 aliphatic carbocycles. The predicted molar refractivity (Wildman–Crippen MR) is 76.0 cm³/mol. The number of anilines is 2. The lowest BCUT2D eigenvalue weighted by atomic mass is 10.2. The topological polar surface area (TPSA) is 49.8 Å². The van der Waals surface area contributed by atoms with Gasteiger partial charge in [0.2, 0.25) is 5.95 Å². The summed E-state index contributed by atoms with van der Waals surface area (Å²) in [6.07, 6.45) is 2.10. The zero-order valence-electron chi connectivity index (χ0n) is 10.0. The summed E-state index contributed by atoms with van der Waals surface area (Å²) < 4.78 is 0. The number of hydrogen-bond acceptors (Lipinski definition) is 5. The van der Waals surface area contributed by atoms with Crippen LogP contribution < -0.4 is 10.6 Å². The fourth-order valence-corrected chi connectivity index (χ4v) is 1.90. The lowest BCUT2D eigenvalue weighted by molar-refractivity contribution is 1.14. The minimum Gasteiger partial charge on any atom is -0.369 e. The molecule has 2 N–H and O–H groups in total. The number of fused-ring (bicyclic) bond motifs is 1. The molecule has 2 rings (SSSR count). The Morgan fingerprint density at radius 1 is 1.24 bits per heavy atom. The van der Waals surface area contributed by atoms with E-state index in [1.54, 1.807) is 0 Å². The molecule has 0 fully saturated rings. The average molecular weight is 248 g/mol. The molecule has 1 aromatic carbocycles. The molecule has 0 aliphatic rings. The van der Waals surface area contributed by atoms with Gasteiger partial charge in [0.1, 0.15) is 5.82 Å². The highest BCUT2D eigenvalue weighted by molar-refractivity contribution is 7.98. The lowest BCUT2D eigenvalue weighted by Gasteiger charge is -2.09. The van der Waals surface area contributed by atoms with E-state index in [2.05, 4.69) is 26.9 Å². The summed E-state index contributed by atoms with van der Waals surface area (Å²) in [5.74, 6) is 2.61. The summed E-state index contributed by atoms with van der Waals surface area (Å²) in [5.41, 5.74) is 0.957. The first-order valence-electron chi connectivity index (χ1n) is 5.52. The number of aromatic nitrogens is 2. The quantitative estimate of drug-likeness (QED) is 0.796. The van der Waals surface area contributed by atoms with Crippen LogP contribution in [-0.4, -0.2) is 35.6 Å². The van der Waals surface area contributed by atoms with Crippen molar-refractivity contribution in [2.75, 3.05) is 36.2 Å². The van der Waals surface area contributed by atoms with Crippen LogP contribution in [0.15, 0.2) is 24.3 Å². The molecule has 0 bridgehead atoms. The summed E-state index contributed by atoms with van der Waals surface area (Å²) in [4.78, 5) is 8.86. The number of thioether (sulfide) groups is 1. The number of hydrogen-bond donors (Lipinski definition) is 2. The van der Waals surface area contributed by atoms with Crippen molar-refractivity contribution in [3.63, 3.8) is 0 Å². The standard InChI is InChI=1S/C12H16N4S/c1-13-12-15-10-6-4-3-5-9(10)11(16-12)14-7-8-17-2/h3-6H,7-8H2,1-2H3,(H2,13,14,15,16). The van der Waals surface area contributed by atoms with Crippen LogP contribution in [0, 0.1) is 0 Å². The largest absolute Gasteiger partial charge is 0.369 e. The minimum atomic E-state index is 0.648. The van der Waals surface area contributed by atoms with Crippen LogP contribution in [0.25, 0.3) is 10.9 Å². The van der Waals surface area contributed by atoms with Gasteiger partial charge in [0.15, 0.2) is 0 Å². The van der Waals surface area contributed by atoms with E-state index < -0.39 is 0 Å². The number of benzene rings is 1. The third kappa shape index (κ3) is 2.79. The smallest absolute Gasteiger partial charge is 0.224 e. The molecule has 0 saturated carbocycles. The fraction of sp³-hybridized carbons (Fsp3) is 0.333. The van der Waals surface area contributed by atoms with E-state index in [-0.39, 0.29) is 0 Å². The highest BCUT2D eigenvalue weighted by Gasteiger charge is 2.05. The van der Waals surface area contributed by atoms with Crippen LogP contribution in [0.2, 0.25) is 0 Å². The van der Waals surface area contributed by atoms with Gasteiger partial charge in [-0.15, -0.1) is 0 Å². The highest BCUT2D eigenvalue weighted by atomic mass is 32.2. The molecule has 90 valence electrons. The summed E-state index contributed by atoms with van der Waals surface area (Å²) in [6.45, 7) is 0.908. The van der Waals surface area contributed by atoms with Gasteiger partial charge in [0.05, 0.1) is 5.52 Å². The zero-order chi connectivity index (χ0) is 12.1. The Morgan fingerprint density at radius 3 is 2.82 bits per heavy atom. The maximum atomic E-state index is 4.45. The van der Waals surface area contributed by atoms with Crippen molar-refractivity contribution in [3.05, 3.63) is 24.3 Å². The number of rotatable bonds is 5. The van der Waals surface area contributed by atoms with Gasteiger partial charge in [-0.2, -0.15) is 16.7 Å². The van der Waals surface area contributed by atoms with Gasteiger partial charge >= 0.3 is 0 Å². The average Bonchev–Trinajstić information content (AvgIpc) is 2.38. The summed E-state index contributed by atoms with van der Waals surface area (Å²) in [7, 11) is 1.83. The molecule has 2 aromatic rings. The Balaban J connectivity index is 2.36. The monoisotopic (exact) mass is 248 g/mol. The molecule has 0 radical (unpaired) electrons. The van der Waals surface area contributed by atoms with Crippen LogP contribution in [0.3, 0.4) is 0 Å². The molecule has 0 aliphatic heterocycles. The van der Waals surface area contributed by atoms with Crippen molar-refractivity contribution < 1.29 is 0 Å². The molecule has 5 heteroatoms. The Hall–Kier alpha value is -1.49. The Labute approximate surface area is 105 Å². The van der Waals surface area contributed by atoms with E-state index in [4.69, 9.17) is 0 Å². The second-order valence-corrected chi connectivity index (χ2v) is 4.57. The van der Waals surface area contributed by atoms with Crippen LogP contribution in [0.5, 0.6) is 0 Å². The second-order valence-electron chi connectivity index (χ2n) is 3.58. The Kier molecular flexibility index (Phi) is 4.03. The predicted octanol–water partition coefficient (Wildman–Crippen LogP) is 2.45. The maximum Gasteiger partial charge on any atom is 0.224 e. The van der Waals surface area contributed by atoms with Gasteiger partial charge in [-0.1, -0.05) is 12.1 Å². The number of para-hydroxylation sites is 1. The molecule has 0 amide bonds. The number of nitrogens with zero attached hydrogens (tertiary/aromatic N) is 2. The SMILES string of the molecule is CNc1nc(NCCSC)c2ccccc2n1. The summed E-state index contributed by atoms with van der Waals surface area (Å²) in [5, 5.41) is 7.40. The molecule has 17 heavy (non-hydrogen) atoms. The van der Waals surface area contributed by atoms with Gasteiger partial charge in [0.25, 0.3) is 0 Å². The van der Waals surface area contributed by atoms with E-state index in [9.17, 15) is 0 Å². The minimum absolute atomic E-state index is 0.648. The molecular weight excluding hydrogens is 232 g/mol.